The first-order valence-corrected chi connectivity index (χ1v) is 8.97. The second kappa shape index (κ2) is 7.61. The minimum atomic E-state index is -0.768. The van der Waals surface area contributed by atoms with Crippen LogP contribution in [0.3, 0.4) is 0 Å². The Morgan fingerprint density at radius 2 is 1.90 bits per heavy atom. The lowest BCUT2D eigenvalue weighted by Gasteiger charge is -2.26. The Hall–Kier alpha value is -4.70. The molecule has 2 heterocycles. The minimum absolute atomic E-state index is 0.0122. The van der Waals surface area contributed by atoms with Crippen molar-refractivity contribution in [3.63, 3.8) is 0 Å². The summed E-state index contributed by atoms with van der Waals surface area (Å²) in [6.07, 6.45) is 1.77. The molecule has 31 heavy (non-hydrogen) atoms. The van der Waals surface area contributed by atoms with Crippen molar-refractivity contribution in [2.75, 3.05) is 16.8 Å². The Labute approximate surface area is 175 Å². The second-order valence-electron chi connectivity index (χ2n) is 6.65. The van der Waals surface area contributed by atoms with Gasteiger partial charge in [-0.1, -0.05) is 18.2 Å². The van der Waals surface area contributed by atoms with Gasteiger partial charge in [0, 0.05) is 17.2 Å². The molecular formula is C21H14F2N8. The van der Waals surface area contributed by atoms with Gasteiger partial charge < -0.3 is 16.8 Å². The zero-order valence-corrected chi connectivity index (χ0v) is 15.8. The van der Waals surface area contributed by atoms with Crippen LogP contribution in [-0.2, 0) is 0 Å². The van der Waals surface area contributed by atoms with E-state index >= 15 is 0 Å². The van der Waals surface area contributed by atoms with Crippen LogP contribution >= 0.6 is 0 Å². The highest BCUT2D eigenvalue weighted by atomic mass is 19.1. The summed E-state index contributed by atoms with van der Waals surface area (Å²) in [6.45, 7) is 0. The van der Waals surface area contributed by atoms with Gasteiger partial charge in [0.25, 0.3) is 0 Å². The Kier molecular flexibility index (Phi) is 4.82. The maximum Gasteiger partial charge on any atom is 0.211 e. The van der Waals surface area contributed by atoms with Crippen molar-refractivity contribution in [2.45, 2.75) is 6.04 Å². The fourth-order valence-electron chi connectivity index (χ4n) is 3.42. The lowest BCUT2D eigenvalue weighted by Crippen LogP contribution is -2.32. The van der Waals surface area contributed by atoms with Crippen molar-refractivity contribution in [3.8, 4) is 23.4 Å². The van der Waals surface area contributed by atoms with Crippen LogP contribution in [0.1, 0.15) is 22.7 Å². The summed E-state index contributed by atoms with van der Waals surface area (Å²) in [5.74, 6) is -1.11. The molecule has 0 saturated heterocycles. The number of hydrogen-bond donors (Lipinski definition) is 4. The number of pyridine rings is 1. The lowest BCUT2D eigenvalue weighted by molar-refractivity contribution is 0.585. The number of aliphatic imine (C=N–C) groups is 1. The number of guanidine groups is 1. The first-order chi connectivity index (χ1) is 14.9. The van der Waals surface area contributed by atoms with Crippen molar-refractivity contribution in [2.24, 2.45) is 4.99 Å². The van der Waals surface area contributed by atoms with Crippen LogP contribution in [0.4, 0.5) is 26.1 Å². The van der Waals surface area contributed by atoms with Crippen molar-refractivity contribution in [1.82, 2.24) is 10.3 Å². The zero-order valence-electron chi connectivity index (χ0n) is 15.8. The molecule has 0 aliphatic carbocycles. The molecule has 0 bridgehead atoms. The number of nitriles is 2. The normalized spacial score (nSPS) is 14.5. The van der Waals surface area contributed by atoms with E-state index in [1.54, 1.807) is 30.5 Å². The first-order valence-electron chi connectivity index (χ1n) is 8.97. The highest BCUT2D eigenvalue weighted by molar-refractivity contribution is 5.98. The molecule has 3 aromatic rings. The van der Waals surface area contributed by atoms with Crippen LogP contribution in [0, 0.1) is 34.4 Å². The SMILES string of the molecule is N#CNC1=NC(c2cccc(-c3ccc(F)cc3F)c2)c2c(nc(N)c(C#N)c2N)N1. The zero-order chi connectivity index (χ0) is 22.1. The summed E-state index contributed by atoms with van der Waals surface area (Å²) in [5.41, 5.74) is 13.8. The van der Waals surface area contributed by atoms with Gasteiger partial charge in [-0.15, -0.1) is 0 Å². The summed E-state index contributed by atoms with van der Waals surface area (Å²) < 4.78 is 27.6. The molecule has 0 saturated carbocycles. The summed E-state index contributed by atoms with van der Waals surface area (Å²) in [6, 6.07) is 11.2. The van der Waals surface area contributed by atoms with E-state index in [1.807, 2.05) is 6.07 Å². The molecule has 0 spiro atoms. The number of nitrogens with zero attached hydrogens (tertiary/aromatic N) is 4. The number of hydrogen-bond acceptors (Lipinski definition) is 8. The van der Waals surface area contributed by atoms with Crippen molar-refractivity contribution < 1.29 is 8.78 Å². The number of rotatable bonds is 2. The average Bonchev–Trinajstić information content (AvgIpc) is 2.73. The topological polar surface area (TPSA) is 149 Å². The molecule has 2 aromatic carbocycles. The standard InChI is InChI=1S/C21H14F2N8/c22-12-4-5-13(15(23)7-12)10-2-1-3-11(6-10)18-16-17(26)14(8-24)19(27)30-20(16)31-21(29-18)28-9-25/h1-7,18H,(H6,26,27,28,29,30,31). The Morgan fingerprint density at radius 1 is 1.10 bits per heavy atom. The lowest BCUT2D eigenvalue weighted by atomic mass is 9.92. The second-order valence-corrected chi connectivity index (χ2v) is 6.65. The van der Waals surface area contributed by atoms with Gasteiger partial charge >= 0.3 is 0 Å². The van der Waals surface area contributed by atoms with E-state index in [9.17, 15) is 14.0 Å². The third-order valence-electron chi connectivity index (χ3n) is 4.80. The number of nitrogen functional groups attached to an aromatic ring is 2. The Balaban J connectivity index is 1.90. The molecule has 0 radical (unpaired) electrons. The Bertz CT molecular complexity index is 1320. The van der Waals surface area contributed by atoms with E-state index < -0.39 is 17.7 Å². The molecule has 10 heteroatoms. The quantitative estimate of drug-likeness (QED) is 0.370. The summed E-state index contributed by atoms with van der Waals surface area (Å²) in [5, 5.41) is 23.6. The van der Waals surface area contributed by atoms with Gasteiger partial charge in [0.15, 0.2) is 6.19 Å². The van der Waals surface area contributed by atoms with Gasteiger partial charge in [0.1, 0.15) is 40.9 Å². The highest BCUT2D eigenvalue weighted by Crippen LogP contribution is 2.41. The number of nitrogens with one attached hydrogen (secondary N) is 2. The van der Waals surface area contributed by atoms with E-state index in [-0.39, 0.29) is 34.4 Å². The third-order valence-corrected chi connectivity index (χ3v) is 4.80. The van der Waals surface area contributed by atoms with Crippen LogP contribution in [0.2, 0.25) is 0 Å². The van der Waals surface area contributed by atoms with E-state index in [0.717, 1.165) is 6.07 Å². The molecule has 1 unspecified atom stereocenters. The maximum absolute atomic E-state index is 14.3. The predicted molar refractivity (Wildman–Crippen MR) is 111 cm³/mol. The monoisotopic (exact) mass is 416 g/mol. The van der Waals surface area contributed by atoms with Gasteiger partial charge in [-0.05, 0) is 29.3 Å². The summed E-state index contributed by atoms with van der Waals surface area (Å²) in [7, 11) is 0. The number of fused-ring (bicyclic) bond motifs is 1. The van der Waals surface area contributed by atoms with Gasteiger partial charge in [-0.25, -0.2) is 18.8 Å². The van der Waals surface area contributed by atoms with Crippen LogP contribution in [0.25, 0.3) is 11.1 Å². The molecule has 4 rings (SSSR count). The molecule has 6 N–H and O–H groups in total. The molecule has 0 amide bonds. The number of nitrogens with two attached hydrogens (primary N) is 2. The smallest absolute Gasteiger partial charge is 0.211 e. The summed E-state index contributed by atoms with van der Waals surface area (Å²) >= 11 is 0. The van der Waals surface area contributed by atoms with Crippen LogP contribution in [-0.4, -0.2) is 10.9 Å². The van der Waals surface area contributed by atoms with Crippen LogP contribution < -0.4 is 22.1 Å². The van der Waals surface area contributed by atoms with E-state index in [0.29, 0.717) is 16.7 Å². The molecule has 152 valence electrons. The van der Waals surface area contributed by atoms with E-state index in [4.69, 9.17) is 16.7 Å². The van der Waals surface area contributed by atoms with E-state index in [1.165, 1.54) is 12.1 Å². The molecular weight excluding hydrogens is 402 g/mol. The molecule has 0 fully saturated rings. The first kappa shape index (κ1) is 19.6. The van der Waals surface area contributed by atoms with Gasteiger partial charge in [-0.3, -0.25) is 5.32 Å². The molecule has 8 nitrogen and oxygen atoms in total. The van der Waals surface area contributed by atoms with Gasteiger partial charge in [0.05, 0.1) is 5.69 Å². The highest BCUT2D eigenvalue weighted by Gasteiger charge is 2.29. The maximum atomic E-state index is 14.3. The average molecular weight is 416 g/mol. The molecule has 1 aromatic heterocycles. The minimum Gasteiger partial charge on any atom is -0.397 e. The summed E-state index contributed by atoms with van der Waals surface area (Å²) in [4.78, 5) is 8.66. The number of halogens is 2. The number of aromatic nitrogens is 1. The largest absolute Gasteiger partial charge is 0.397 e. The molecule has 1 atom stereocenters. The third kappa shape index (κ3) is 3.43. The van der Waals surface area contributed by atoms with Crippen molar-refractivity contribution in [3.05, 3.63) is 70.8 Å². The Morgan fingerprint density at radius 3 is 2.61 bits per heavy atom. The van der Waals surface area contributed by atoms with Gasteiger partial charge in [0.2, 0.25) is 5.96 Å². The fourth-order valence-corrected chi connectivity index (χ4v) is 3.42. The van der Waals surface area contributed by atoms with Crippen LogP contribution in [0.15, 0.2) is 47.5 Å². The molecule has 1 aliphatic heterocycles. The van der Waals surface area contributed by atoms with Crippen molar-refractivity contribution in [1.29, 1.82) is 10.5 Å². The fraction of sp³-hybridized carbons (Fsp3) is 0.0476. The number of benzene rings is 2. The van der Waals surface area contributed by atoms with E-state index in [2.05, 4.69) is 20.6 Å². The predicted octanol–water partition coefficient (Wildman–Crippen LogP) is 3.00. The van der Waals surface area contributed by atoms with Gasteiger partial charge in [-0.2, -0.15) is 10.5 Å². The number of anilines is 3. The van der Waals surface area contributed by atoms with Crippen molar-refractivity contribution >= 4 is 23.3 Å². The molecule has 1 aliphatic rings. The van der Waals surface area contributed by atoms with Crippen LogP contribution in [0.5, 0.6) is 0 Å².